The number of hydrogen-bond acceptors (Lipinski definition) is 4. The van der Waals surface area contributed by atoms with Crippen LogP contribution in [0, 0.1) is 0 Å². The van der Waals surface area contributed by atoms with Gasteiger partial charge in [0.05, 0.1) is 12.7 Å². The highest BCUT2D eigenvalue weighted by Gasteiger charge is 2.31. The topological polar surface area (TPSA) is 58.6 Å². The van der Waals surface area contributed by atoms with E-state index in [-0.39, 0.29) is 11.9 Å². The second-order valence-electron chi connectivity index (χ2n) is 7.70. The Morgan fingerprint density at radius 2 is 1.90 bits per heavy atom. The molecule has 1 aliphatic rings. The van der Waals surface area contributed by atoms with Crippen LogP contribution in [0.5, 0.6) is 0 Å². The van der Waals surface area contributed by atoms with E-state index < -0.39 is 0 Å². The van der Waals surface area contributed by atoms with E-state index in [1.54, 1.807) is 12.1 Å². The van der Waals surface area contributed by atoms with Crippen molar-refractivity contribution in [1.29, 1.82) is 0 Å². The van der Waals surface area contributed by atoms with Crippen molar-refractivity contribution in [2.45, 2.75) is 44.7 Å². The Hall–Kier alpha value is -2.66. The quantitative estimate of drug-likeness (QED) is 0.520. The number of hydrogen-bond donors (Lipinski definition) is 1. The number of nitrogens with zero attached hydrogens (tertiary/aromatic N) is 1. The number of likely N-dealkylation sites (tertiary alicyclic amines) is 1. The molecule has 1 N–H and O–H groups in total. The molecule has 2 aromatic rings. The summed E-state index contributed by atoms with van der Waals surface area (Å²) in [6, 6.07) is 18.1. The average molecular weight is 395 g/mol. The monoisotopic (exact) mass is 394 g/mol. The van der Waals surface area contributed by atoms with Crippen molar-refractivity contribution >= 4 is 11.9 Å². The predicted octanol–water partition coefficient (Wildman–Crippen LogP) is 3.75. The van der Waals surface area contributed by atoms with Crippen LogP contribution in [0.15, 0.2) is 54.6 Å². The lowest BCUT2D eigenvalue weighted by Crippen LogP contribution is -2.37. The standard InChI is InChI=1S/C24H30N2O3/c1-18(20-6-4-3-5-7-20)17-26-22(12-13-23(26)27)14-15-25-16-19-8-10-21(11-9-19)24(28)29-2/h3-11,18,22,25H,12-17H2,1-2H3/t18-,22+/m0/s1. The van der Waals surface area contributed by atoms with Gasteiger partial charge in [0.1, 0.15) is 0 Å². The third-order valence-electron chi connectivity index (χ3n) is 5.65. The molecule has 0 spiro atoms. The Balaban J connectivity index is 1.45. The largest absolute Gasteiger partial charge is 0.465 e. The van der Waals surface area contributed by atoms with Crippen LogP contribution in [-0.4, -0.2) is 43.0 Å². The normalized spacial score (nSPS) is 17.4. The Bertz CT molecular complexity index is 805. The molecule has 1 aliphatic heterocycles. The van der Waals surface area contributed by atoms with Crippen molar-refractivity contribution < 1.29 is 14.3 Å². The van der Waals surface area contributed by atoms with Crippen molar-refractivity contribution in [2.24, 2.45) is 0 Å². The van der Waals surface area contributed by atoms with Crippen molar-refractivity contribution in [2.75, 3.05) is 20.2 Å². The summed E-state index contributed by atoms with van der Waals surface area (Å²) in [4.78, 5) is 25.9. The number of methoxy groups -OCH3 is 1. The summed E-state index contributed by atoms with van der Waals surface area (Å²) in [6.45, 7) is 4.56. The van der Waals surface area contributed by atoms with E-state index in [9.17, 15) is 9.59 Å². The maximum atomic E-state index is 12.4. The molecule has 29 heavy (non-hydrogen) atoms. The molecule has 0 bridgehead atoms. The number of nitrogens with one attached hydrogen (secondary N) is 1. The second kappa shape index (κ2) is 10.2. The Morgan fingerprint density at radius 3 is 2.59 bits per heavy atom. The zero-order valence-corrected chi connectivity index (χ0v) is 17.3. The lowest BCUT2D eigenvalue weighted by molar-refractivity contribution is -0.129. The third-order valence-corrected chi connectivity index (χ3v) is 5.65. The van der Waals surface area contributed by atoms with Gasteiger partial charge in [-0.05, 0) is 48.6 Å². The summed E-state index contributed by atoms with van der Waals surface area (Å²) in [5.41, 5.74) is 2.96. The lowest BCUT2D eigenvalue weighted by atomic mass is 10.00. The van der Waals surface area contributed by atoms with Crippen LogP contribution in [0.2, 0.25) is 0 Å². The van der Waals surface area contributed by atoms with E-state index in [4.69, 9.17) is 4.74 Å². The number of ether oxygens (including phenoxy) is 1. The SMILES string of the molecule is COC(=O)c1ccc(CNCC[C@H]2CCC(=O)N2C[C@H](C)c2ccccc2)cc1. The van der Waals surface area contributed by atoms with Crippen molar-refractivity contribution in [3.8, 4) is 0 Å². The van der Waals surface area contributed by atoms with Crippen LogP contribution in [0.25, 0.3) is 0 Å². The first-order valence-electron chi connectivity index (χ1n) is 10.3. The smallest absolute Gasteiger partial charge is 0.337 e. The number of rotatable bonds is 9. The molecule has 0 saturated carbocycles. The third kappa shape index (κ3) is 5.67. The molecule has 5 nitrogen and oxygen atoms in total. The van der Waals surface area contributed by atoms with Crippen molar-refractivity contribution in [1.82, 2.24) is 10.2 Å². The molecule has 0 unspecified atom stereocenters. The Morgan fingerprint density at radius 1 is 1.17 bits per heavy atom. The van der Waals surface area contributed by atoms with Crippen LogP contribution >= 0.6 is 0 Å². The summed E-state index contributed by atoms with van der Waals surface area (Å²) >= 11 is 0. The molecule has 2 atom stereocenters. The predicted molar refractivity (Wildman–Crippen MR) is 114 cm³/mol. The fourth-order valence-corrected chi connectivity index (χ4v) is 3.90. The molecule has 0 radical (unpaired) electrons. The van der Waals surface area contributed by atoms with Gasteiger partial charge in [-0.25, -0.2) is 4.79 Å². The molecule has 1 amide bonds. The second-order valence-corrected chi connectivity index (χ2v) is 7.70. The summed E-state index contributed by atoms with van der Waals surface area (Å²) in [5, 5.41) is 3.46. The van der Waals surface area contributed by atoms with Crippen LogP contribution in [0.3, 0.4) is 0 Å². The van der Waals surface area contributed by atoms with E-state index >= 15 is 0 Å². The minimum absolute atomic E-state index is 0.274. The zero-order valence-electron chi connectivity index (χ0n) is 17.3. The summed E-state index contributed by atoms with van der Waals surface area (Å²) in [7, 11) is 1.38. The van der Waals surface area contributed by atoms with Gasteiger partial charge >= 0.3 is 5.97 Å². The lowest BCUT2D eigenvalue weighted by Gasteiger charge is -2.28. The van der Waals surface area contributed by atoms with Crippen LogP contribution in [0.4, 0.5) is 0 Å². The molecule has 0 aliphatic carbocycles. The molecule has 1 fully saturated rings. The molecule has 2 aromatic carbocycles. The van der Waals surface area contributed by atoms with Gasteiger partial charge in [0.25, 0.3) is 0 Å². The first-order chi connectivity index (χ1) is 14.1. The molecule has 5 heteroatoms. The summed E-state index contributed by atoms with van der Waals surface area (Å²) in [6.07, 6.45) is 2.55. The van der Waals surface area contributed by atoms with Gasteiger partial charge in [0.15, 0.2) is 0 Å². The molecule has 1 heterocycles. The number of carbonyl (C=O) groups is 2. The maximum absolute atomic E-state index is 12.4. The molecular weight excluding hydrogens is 364 g/mol. The van der Waals surface area contributed by atoms with Crippen molar-refractivity contribution in [3.05, 3.63) is 71.3 Å². The Kier molecular flexibility index (Phi) is 7.42. The van der Waals surface area contributed by atoms with Gasteiger partial charge in [-0.2, -0.15) is 0 Å². The first kappa shape index (κ1) is 21.1. The van der Waals surface area contributed by atoms with Gasteiger partial charge in [-0.3, -0.25) is 4.79 Å². The van der Waals surface area contributed by atoms with Crippen molar-refractivity contribution in [3.63, 3.8) is 0 Å². The Labute approximate surface area is 173 Å². The fraction of sp³-hybridized carbons (Fsp3) is 0.417. The van der Waals surface area contributed by atoms with Crippen LogP contribution < -0.4 is 5.32 Å². The van der Waals surface area contributed by atoms with Gasteiger partial charge in [-0.15, -0.1) is 0 Å². The van der Waals surface area contributed by atoms with E-state index in [2.05, 4.69) is 41.4 Å². The van der Waals surface area contributed by atoms with Gasteiger partial charge in [0, 0.05) is 25.6 Å². The molecule has 3 rings (SSSR count). The minimum atomic E-state index is -0.319. The fourth-order valence-electron chi connectivity index (χ4n) is 3.90. The average Bonchev–Trinajstić information content (AvgIpc) is 3.11. The van der Waals surface area contributed by atoms with E-state index in [1.807, 2.05) is 18.2 Å². The van der Waals surface area contributed by atoms with E-state index in [0.717, 1.165) is 38.0 Å². The molecule has 154 valence electrons. The number of benzene rings is 2. The number of amides is 1. The highest BCUT2D eigenvalue weighted by atomic mass is 16.5. The highest BCUT2D eigenvalue weighted by Crippen LogP contribution is 2.25. The molecule has 0 aromatic heterocycles. The number of carbonyl (C=O) groups excluding carboxylic acids is 2. The zero-order chi connectivity index (χ0) is 20.6. The summed E-state index contributed by atoms with van der Waals surface area (Å²) < 4.78 is 4.72. The van der Waals surface area contributed by atoms with Gasteiger partial charge in [0.2, 0.25) is 5.91 Å². The summed E-state index contributed by atoms with van der Waals surface area (Å²) in [5.74, 6) is 0.290. The van der Waals surface area contributed by atoms with Gasteiger partial charge in [-0.1, -0.05) is 49.4 Å². The molecule has 1 saturated heterocycles. The van der Waals surface area contributed by atoms with Crippen LogP contribution in [0.1, 0.15) is 53.6 Å². The minimum Gasteiger partial charge on any atom is -0.465 e. The number of esters is 1. The highest BCUT2D eigenvalue weighted by molar-refractivity contribution is 5.89. The van der Waals surface area contributed by atoms with E-state index in [1.165, 1.54) is 12.7 Å². The maximum Gasteiger partial charge on any atom is 0.337 e. The first-order valence-corrected chi connectivity index (χ1v) is 10.3. The van der Waals surface area contributed by atoms with E-state index in [0.29, 0.717) is 23.9 Å². The molecular formula is C24H30N2O3. The van der Waals surface area contributed by atoms with Crippen LogP contribution in [-0.2, 0) is 16.1 Å². The van der Waals surface area contributed by atoms with Gasteiger partial charge < -0.3 is 15.0 Å².